The van der Waals surface area contributed by atoms with Gasteiger partial charge in [0.05, 0.1) is 18.8 Å². The Kier molecular flexibility index (Phi) is 7.47. The van der Waals surface area contributed by atoms with E-state index in [9.17, 15) is 9.59 Å². The molecule has 0 aromatic heterocycles. The summed E-state index contributed by atoms with van der Waals surface area (Å²) in [6.07, 6.45) is 0.971. The topological polar surface area (TPSA) is 64.6 Å². The van der Waals surface area contributed by atoms with Crippen LogP contribution in [0.2, 0.25) is 0 Å². The number of anilines is 1. The van der Waals surface area contributed by atoms with Crippen molar-refractivity contribution >= 4 is 33.5 Å². The van der Waals surface area contributed by atoms with Gasteiger partial charge in [-0.1, -0.05) is 15.9 Å². The summed E-state index contributed by atoms with van der Waals surface area (Å²) < 4.78 is 11.5. The highest BCUT2D eigenvalue weighted by atomic mass is 79.9. The van der Waals surface area contributed by atoms with E-state index in [4.69, 9.17) is 9.47 Å². The van der Waals surface area contributed by atoms with Crippen LogP contribution in [0.25, 0.3) is 0 Å². The van der Waals surface area contributed by atoms with E-state index in [1.165, 1.54) is 0 Å². The Hall–Kier alpha value is -2.34. The second-order valence-electron chi connectivity index (χ2n) is 5.25. The van der Waals surface area contributed by atoms with Crippen LogP contribution in [0.15, 0.2) is 53.0 Å². The average Bonchev–Trinajstić information content (AvgIpc) is 2.61. The number of ether oxygens (including phenoxy) is 2. The van der Waals surface area contributed by atoms with Crippen molar-refractivity contribution in [1.29, 1.82) is 0 Å². The first-order valence-electron chi connectivity index (χ1n) is 8.04. The molecule has 0 fully saturated rings. The minimum atomic E-state index is -0.370. The molecule has 0 aliphatic heterocycles. The van der Waals surface area contributed by atoms with Gasteiger partial charge in [0, 0.05) is 16.6 Å². The number of rotatable bonds is 8. The minimum absolute atomic E-state index is 0.0942. The molecule has 0 saturated carbocycles. The standard InChI is InChI=1S/C19H20BrNO4/c1-2-24-19(23)14-5-9-16(10-6-14)21-18(22)4-3-13-25-17-11-7-15(20)8-12-17/h5-12H,2-4,13H2,1H3,(H,21,22). The molecule has 0 atom stereocenters. The zero-order chi connectivity index (χ0) is 18.1. The van der Waals surface area contributed by atoms with E-state index in [0.29, 0.717) is 37.3 Å². The fourth-order valence-electron chi connectivity index (χ4n) is 2.08. The number of carbonyl (C=O) groups excluding carboxylic acids is 2. The molecule has 2 aromatic rings. The Morgan fingerprint density at radius 2 is 1.72 bits per heavy atom. The predicted molar refractivity (Wildman–Crippen MR) is 99.9 cm³/mol. The quantitative estimate of drug-likeness (QED) is 0.521. The molecule has 0 heterocycles. The lowest BCUT2D eigenvalue weighted by atomic mass is 10.2. The molecule has 2 rings (SSSR count). The maximum Gasteiger partial charge on any atom is 0.338 e. The Morgan fingerprint density at radius 3 is 2.36 bits per heavy atom. The molecule has 5 nitrogen and oxygen atoms in total. The number of carbonyl (C=O) groups is 2. The van der Waals surface area contributed by atoms with E-state index >= 15 is 0 Å². The van der Waals surface area contributed by atoms with Crippen LogP contribution >= 0.6 is 15.9 Å². The highest BCUT2D eigenvalue weighted by Crippen LogP contribution is 2.16. The summed E-state index contributed by atoms with van der Waals surface area (Å²) >= 11 is 3.36. The normalized spacial score (nSPS) is 10.2. The largest absolute Gasteiger partial charge is 0.494 e. The van der Waals surface area contributed by atoms with Gasteiger partial charge in [-0.15, -0.1) is 0 Å². The van der Waals surface area contributed by atoms with Crippen LogP contribution in [0.1, 0.15) is 30.1 Å². The highest BCUT2D eigenvalue weighted by Gasteiger charge is 2.07. The van der Waals surface area contributed by atoms with Gasteiger partial charge in [0.15, 0.2) is 0 Å². The lowest BCUT2D eigenvalue weighted by Crippen LogP contribution is -2.13. The van der Waals surface area contributed by atoms with Gasteiger partial charge in [0.2, 0.25) is 5.91 Å². The molecule has 0 bridgehead atoms. The van der Waals surface area contributed by atoms with Crippen molar-refractivity contribution in [2.75, 3.05) is 18.5 Å². The van der Waals surface area contributed by atoms with Crippen LogP contribution in [-0.2, 0) is 9.53 Å². The summed E-state index contributed by atoms with van der Waals surface area (Å²) in [5, 5.41) is 2.79. The van der Waals surface area contributed by atoms with Gasteiger partial charge in [0.25, 0.3) is 0 Å². The number of amides is 1. The average molecular weight is 406 g/mol. The number of halogens is 1. The molecule has 0 aliphatic carbocycles. The van der Waals surface area contributed by atoms with Crippen LogP contribution in [-0.4, -0.2) is 25.1 Å². The van der Waals surface area contributed by atoms with Crippen LogP contribution in [0.4, 0.5) is 5.69 Å². The minimum Gasteiger partial charge on any atom is -0.494 e. The summed E-state index contributed by atoms with van der Waals surface area (Å²) in [6.45, 7) is 2.56. The van der Waals surface area contributed by atoms with Crippen molar-refractivity contribution in [3.63, 3.8) is 0 Å². The van der Waals surface area contributed by atoms with Gasteiger partial charge in [-0.05, 0) is 61.9 Å². The van der Waals surface area contributed by atoms with Crippen LogP contribution < -0.4 is 10.1 Å². The number of hydrogen-bond donors (Lipinski definition) is 1. The molecule has 0 unspecified atom stereocenters. The first kappa shape index (κ1) is 19.0. The maximum absolute atomic E-state index is 11.9. The van der Waals surface area contributed by atoms with E-state index in [0.717, 1.165) is 10.2 Å². The van der Waals surface area contributed by atoms with E-state index in [2.05, 4.69) is 21.2 Å². The third-order valence-electron chi connectivity index (χ3n) is 3.31. The second kappa shape index (κ2) is 9.84. The Labute approximate surface area is 155 Å². The third kappa shape index (κ3) is 6.58. The smallest absolute Gasteiger partial charge is 0.338 e. The molecular formula is C19H20BrNO4. The summed E-state index contributed by atoms with van der Waals surface area (Å²) in [6, 6.07) is 14.2. The van der Waals surface area contributed by atoms with Crippen LogP contribution in [0.3, 0.4) is 0 Å². The lowest BCUT2D eigenvalue weighted by molar-refractivity contribution is -0.116. The molecule has 132 valence electrons. The molecule has 6 heteroatoms. The number of hydrogen-bond acceptors (Lipinski definition) is 4. The van der Waals surface area contributed by atoms with Crippen molar-refractivity contribution in [3.8, 4) is 5.75 Å². The zero-order valence-corrected chi connectivity index (χ0v) is 15.5. The van der Waals surface area contributed by atoms with Crippen LogP contribution in [0.5, 0.6) is 5.75 Å². The van der Waals surface area contributed by atoms with Gasteiger partial charge < -0.3 is 14.8 Å². The highest BCUT2D eigenvalue weighted by molar-refractivity contribution is 9.10. The first-order valence-corrected chi connectivity index (χ1v) is 8.83. The maximum atomic E-state index is 11.9. The van der Waals surface area contributed by atoms with Crippen molar-refractivity contribution in [2.45, 2.75) is 19.8 Å². The van der Waals surface area contributed by atoms with Crippen molar-refractivity contribution < 1.29 is 19.1 Å². The first-order chi connectivity index (χ1) is 12.1. The Morgan fingerprint density at radius 1 is 1.04 bits per heavy atom. The summed E-state index contributed by atoms with van der Waals surface area (Å²) in [4.78, 5) is 23.5. The van der Waals surface area contributed by atoms with Crippen molar-refractivity contribution in [2.24, 2.45) is 0 Å². The zero-order valence-electron chi connectivity index (χ0n) is 14.0. The van der Waals surface area contributed by atoms with Gasteiger partial charge in [-0.25, -0.2) is 4.79 Å². The lowest BCUT2D eigenvalue weighted by Gasteiger charge is -2.08. The Balaban J connectivity index is 1.71. The number of benzene rings is 2. The second-order valence-corrected chi connectivity index (χ2v) is 6.17. The van der Waals surface area contributed by atoms with E-state index in [1.807, 2.05) is 24.3 Å². The molecule has 25 heavy (non-hydrogen) atoms. The fraction of sp³-hybridized carbons (Fsp3) is 0.263. The van der Waals surface area contributed by atoms with Gasteiger partial charge in [-0.3, -0.25) is 4.79 Å². The summed E-state index contributed by atoms with van der Waals surface area (Å²) in [5.74, 6) is 0.312. The molecule has 0 radical (unpaired) electrons. The predicted octanol–water partition coefficient (Wildman–Crippen LogP) is 4.42. The van der Waals surface area contributed by atoms with Crippen molar-refractivity contribution in [3.05, 3.63) is 58.6 Å². The van der Waals surface area contributed by atoms with E-state index < -0.39 is 0 Å². The van der Waals surface area contributed by atoms with E-state index in [-0.39, 0.29) is 11.9 Å². The summed E-state index contributed by atoms with van der Waals surface area (Å²) in [5.41, 5.74) is 1.11. The third-order valence-corrected chi connectivity index (χ3v) is 3.84. The van der Waals surface area contributed by atoms with Gasteiger partial charge in [-0.2, -0.15) is 0 Å². The Bertz CT molecular complexity index is 698. The van der Waals surface area contributed by atoms with Crippen molar-refractivity contribution in [1.82, 2.24) is 0 Å². The number of esters is 1. The molecule has 1 N–H and O–H groups in total. The molecule has 1 amide bonds. The monoisotopic (exact) mass is 405 g/mol. The molecular weight excluding hydrogens is 386 g/mol. The molecule has 0 saturated heterocycles. The van der Waals surface area contributed by atoms with Crippen LogP contribution in [0, 0.1) is 0 Å². The fourth-order valence-corrected chi connectivity index (χ4v) is 2.35. The molecule has 2 aromatic carbocycles. The molecule has 0 aliphatic rings. The van der Waals surface area contributed by atoms with E-state index in [1.54, 1.807) is 31.2 Å². The summed E-state index contributed by atoms with van der Waals surface area (Å²) in [7, 11) is 0. The van der Waals surface area contributed by atoms with Gasteiger partial charge in [0.1, 0.15) is 5.75 Å². The van der Waals surface area contributed by atoms with Gasteiger partial charge >= 0.3 is 5.97 Å². The molecule has 0 spiro atoms. The SMILES string of the molecule is CCOC(=O)c1ccc(NC(=O)CCCOc2ccc(Br)cc2)cc1. The number of nitrogens with one attached hydrogen (secondary N) is 1.